The quantitative estimate of drug-likeness (QED) is 0.0440. The number of esters is 1. The Morgan fingerprint density at radius 1 is 0.579 bits per heavy atom. The van der Waals surface area contributed by atoms with Crippen LogP contribution in [0.5, 0.6) is 5.75 Å². The fourth-order valence-electron chi connectivity index (χ4n) is 2.86. The molecule has 0 heterocycles. The molecule has 14 heteroatoms. The molecule has 0 bridgehead atoms. The number of carbonyl (C=O) groups is 2. The van der Waals surface area contributed by atoms with Crippen molar-refractivity contribution in [2.75, 3.05) is 86.9 Å². The summed E-state index contributed by atoms with van der Waals surface area (Å²) in [6.07, 6.45) is 6.85. The van der Waals surface area contributed by atoms with Crippen LogP contribution in [0, 0.1) is 0 Å². The van der Waals surface area contributed by atoms with E-state index in [1.165, 1.54) is 48.7 Å². The molecule has 0 aromatic heterocycles. The lowest BCUT2D eigenvalue weighted by molar-refractivity contribution is -0.139. The van der Waals surface area contributed by atoms with Crippen molar-refractivity contribution in [1.29, 1.82) is 0 Å². The lowest BCUT2D eigenvalue weighted by atomic mass is 10.1. The Balaban J connectivity index is -0.000000316. The van der Waals surface area contributed by atoms with E-state index in [1.807, 2.05) is 37.3 Å². The summed E-state index contributed by atoms with van der Waals surface area (Å²) >= 11 is 0. The van der Waals surface area contributed by atoms with Gasteiger partial charge in [0.1, 0.15) is 58.6 Å². The molecule has 0 aliphatic carbocycles. The van der Waals surface area contributed by atoms with E-state index in [0.717, 1.165) is 12.4 Å². The Bertz CT molecular complexity index is 1260. The van der Waals surface area contributed by atoms with Gasteiger partial charge in [0.25, 0.3) is 0 Å². The highest BCUT2D eigenvalue weighted by Crippen LogP contribution is 2.21. The minimum absolute atomic E-state index is 0.0430. The maximum absolute atomic E-state index is 10.7. The highest BCUT2D eigenvalue weighted by Gasteiger charge is 2.01. The molecule has 2 rings (SSSR count). The second-order valence-corrected chi connectivity index (χ2v) is 9.55. The zero-order chi connectivity index (χ0) is 43.6. The number of hydrogen-bond donors (Lipinski definition) is 1. The van der Waals surface area contributed by atoms with Gasteiger partial charge in [-0.25, -0.2) is 9.59 Å². The summed E-state index contributed by atoms with van der Waals surface area (Å²) in [5.74, 6) is 0.458. The van der Waals surface area contributed by atoms with Gasteiger partial charge >= 0.3 is 12.1 Å². The van der Waals surface area contributed by atoms with Crippen molar-refractivity contribution >= 4 is 12.1 Å². The van der Waals surface area contributed by atoms with E-state index in [1.54, 1.807) is 21.1 Å². The number of carbonyl (C=O) groups excluding carboxylic acids is 1. The van der Waals surface area contributed by atoms with Crippen molar-refractivity contribution in [3.05, 3.63) is 144 Å². The molecule has 0 saturated heterocycles. The number of rotatable bonds is 25. The molecule has 1 N–H and O–H groups in total. The molecular weight excluding hydrogens is 740 g/mol. The normalized spacial score (nSPS) is 8.56. The third kappa shape index (κ3) is 49.9. The summed E-state index contributed by atoms with van der Waals surface area (Å²) in [6.45, 7) is 32.1. The van der Waals surface area contributed by atoms with Crippen LogP contribution < -0.4 is 4.74 Å². The highest BCUT2D eigenvalue weighted by atomic mass is 16.7. The van der Waals surface area contributed by atoms with Crippen molar-refractivity contribution in [2.24, 2.45) is 0 Å². The number of ether oxygens (including phenoxy) is 11. The number of hydrogen-bond acceptors (Lipinski definition) is 13. The van der Waals surface area contributed by atoms with Gasteiger partial charge in [0, 0.05) is 19.3 Å². The number of benzene rings is 2. The average Bonchev–Trinajstić information content (AvgIpc) is 3.23. The Morgan fingerprint density at radius 3 is 1.40 bits per heavy atom. The van der Waals surface area contributed by atoms with Gasteiger partial charge in [0.2, 0.25) is 0 Å². The van der Waals surface area contributed by atoms with E-state index in [4.69, 9.17) is 38.3 Å². The Morgan fingerprint density at radius 2 is 1.00 bits per heavy atom. The van der Waals surface area contributed by atoms with Crippen molar-refractivity contribution in [3.8, 4) is 16.9 Å². The van der Waals surface area contributed by atoms with Crippen molar-refractivity contribution in [3.63, 3.8) is 0 Å². The summed E-state index contributed by atoms with van der Waals surface area (Å²) in [4.78, 5) is 20.4. The second kappa shape index (κ2) is 49.9. The van der Waals surface area contributed by atoms with Crippen LogP contribution in [-0.4, -0.2) is 104 Å². The van der Waals surface area contributed by atoms with E-state index in [2.05, 4.69) is 89.3 Å². The van der Waals surface area contributed by atoms with E-state index in [9.17, 15) is 9.59 Å². The molecular formula is C43H64O14. The van der Waals surface area contributed by atoms with E-state index < -0.39 is 12.1 Å². The molecule has 0 saturated carbocycles. The maximum atomic E-state index is 10.7. The molecule has 0 unspecified atom stereocenters. The minimum atomic E-state index is -1.29. The van der Waals surface area contributed by atoms with Crippen molar-refractivity contribution in [1.82, 2.24) is 0 Å². The Kier molecular flexibility index (Phi) is 50.4. The van der Waals surface area contributed by atoms with Crippen LogP contribution >= 0.6 is 0 Å². The van der Waals surface area contributed by atoms with Gasteiger partial charge in [-0.1, -0.05) is 88.5 Å². The average molecular weight is 805 g/mol. The molecule has 2 aromatic rings. The van der Waals surface area contributed by atoms with Gasteiger partial charge in [0.05, 0.1) is 57.9 Å². The summed E-state index contributed by atoms with van der Waals surface area (Å²) in [5, 5.41) is 7.91. The molecule has 0 amide bonds. The third-order valence-electron chi connectivity index (χ3n) is 5.35. The maximum Gasteiger partial charge on any atom is 0.505 e. The highest BCUT2D eigenvalue weighted by molar-refractivity contribution is 5.86. The molecule has 0 aliphatic rings. The van der Waals surface area contributed by atoms with Gasteiger partial charge in [-0.15, -0.1) is 0 Å². The SMILES string of the molecule is C=COC.C=COCCOC.C=COCCOC(=O)C(=C)C.C=COCCOC(=O)O.C=COCCOCC.C=COCCOc1ccc(-c2ccccc2)cc1. The molecule has 14 nitrogen and oxygen atoms in total. The minimum Gasteiger partial charge on any atom is -0.505 e. The summed E-state index contributed by atoms with van der Waals surface area (Å²) in [7, 11) is 3.19. The van der Waals surface area contributed by atoms with Crippen molar-refractivity contribution in [2.45, 2.75) is 13.8 Å². The second-order valence-electron chi connectivity index (χ2n) is 9.55. The van der Waals surface area contributed by atoms with Crippen LogP contribution in [0.2, 0.25) is 0 Å². The van der Waals surface area contributed by atoms with Crippen LogP contribution in [0.1, 0.15) is 13.8 Å². The molecule has 2 aromatic carbocycles. The Hall–Kier alpha value is -6.12. The zero-order valence-corrected chi connectivity index (χ0v) is 34.1. The fraction of sp³-hybridized carbons (Fsp3) is 0.349. The molecule has 320 valence electrons. The van der Waals surface area contributed by atoms with Crippen LogP contribution in [0.3, 0.4) is 0 Å². The monoisotopic (exact) mass is 804 g/mol. The van der Waals surface area contributed by atoms with Crippen LogP contribution in [-0.2, 0) is 52.2 Å². The third-order valence-corrected chi connectivity index (χ3v) is 5.35. The van der Waals surface area contributed by atoms with Crippen molar-refractivity contribution < 1.29 is 66.8 Å². The summed E-state index contributed by atoms with van der Waals surface area (Å²) in [5.41, 5.74) is 2.79. The molecule has 0 spiro atoms. The first-order chi connectivity index (χ1) is 27.6. The molecule has 0 radical (unpaired) electrons. The molecule has 0 aliphatic heterocycles. The van der Waals surface area contributed by atoms with Gasteiger partial charge < -0.3 is 57.2 Å². The van der Waals surface area contributed by atoms with Gasteiger partial charge in [0.15, 0.2) is 0 Å². The van der Waals surface area contributed by atoms with E-state index >= 15 is 0 Å². The number of carboxylic acid groups (broad SMARTS) is 1. The van der Waals surface area contributed by atoms with Gasteiger partial charge in [-0.05, 0) is 37.1 Å². The van der Waals surface area contributed by atoms with E-state index in [-0.39, 0.29) is 19.8 Å². The summed E-state index contributed by atoms with van der Waals surface area (Å²) in [6, 6.07) is 18.3. The van der Waals surface area contributed by atoms with Crippen LogP contribution in [0.4, 0.5) is 4.79 Å². The largest absolute Gasteiger partial charge is 0.505 e. The lowest BCUT2D eigenvalue weighted by Crippen LogP contribution is -2.09. The van der Waals surface area contributed by atoms with E-state index in [0.29, 0.717) is 51.8 Å². The Labute approximate surface area is 339 Å². The van der Waals surface area contributed by atoms with Crippen LogP contribution in [0.25, 0.3) is 11.1 Å². The van der Waals surface area contributed by atoms with Crippen LogP contribution in [0.15, 0.2) is 144 Å². The fourth-order valence-corrected chi connectivity index (χ4v) is 2.86. The molecule has 57 heavy (non-hydrogen) atoms. The first-order valence-corrected chi connectivity index (χ1v) is 17.4. The first kappa shape index (κ1) is 57.6. The van der Waals surface area contributed by atoms with Gasteiger partial charge in [-0.2, -0.15) is 0 Å². The first-order valence-electron chi connectivity index (χ1n) is 17.4. The zero-order valence-electron chi connectivity index (χ0n) is 34.1. The van der Waals surface area contributed by atoms with Gasteiger partial charge in [-0.3, -0.25) is 0 Å². The lowest BCUT2D eigenvalue weighted by Gasteiger charge is -2.07. The predicted molar refractivity (Wildman–Crippen MR) is 223 cm³/mol. The smallest absolute Gasteiger partial charge is 0.505 e. The number of methoxy groups -OCH3 is 2. The molecule has 0 atom stereocenters. The standard InChI is InChI=1S/C16H16O2.C8H12O3.C6H12O2.C5H8O4.C5H10O2.C3H6O/c1-2-17-12-13-18-16-10-8-15(9-11-16)14-6-4-3-5-7-14;1-4-10-5-6-11-8(9)7(2)3;1-3-7-5-6-8-4-2;1-2-8-3-4-9-5(6)7;1-3-7-5-4-6-2;1-3-4-2/h2-11H,1,12-13H2;4H,1-2,5-6H2,3H3;3H,1,4-6H2,2H3;2H,1,3-4H2,(H,6,7);3H,1,4-5H2,2H3;3H,1H2,2H3. The molecule has 0 fully saturated rings. The summed E-state index contributed by atoms with van der Waals surface area (Å²) < 4.78 is 52.0. The topological polar surface area (TPSA) is 156 Å². The predicted octanol–water partition coefficient (Wildman–Crippen LogP) is 8.75.